The summed E-state index contributed by atoms with van der Waals surface area (Å²) in [4.78, 5) is 25.7. The van der Waals surface area contributed by atoms with Crippen molar-refractivity contribution in [3.8, 4) is 5.69 Å². The summed E-state index contributed by atoms with van der Waals surface area (Å²) in [6.45, 7) is 5.81. The predicted molar refractivity (Wildman–Crippen MR) is 106 cm³/mol. The molecule has 136 valence electrons. The van der Waals surface area contributed by atoms with E-state index in [1.807, 2.05) is 61.9 Å². The molecule has 0 saturated heterocycles. The first kappa shape index (κ1) is 18.3. The molecule has 1 aromatic carbocycles. The molecule has 7 heteroatoms. The van der Waals surface area contributed by atoms with E-state index in [4.69, 9.17) is 0 Å². The molecular formula is C19H21BrN4O2. The van der Waals surface area contributed by atoms with Gasteiger partial charge in [0.2, 0.25) is 0 Å². The van der Waals surface area contributed by atoms with E-state index in [2.05, 4.69) is 21.2 Å². The van der Waals surface area contributed by atoms with Crippen LogP contribution in [-0.4, -0.2) is 19.8 Å². The molecule has 1 N–H and O–H groups in total. The largest absolute Gasteiger partial charge is 0.340 e. The van der Waals surface area contributed by atoms with Gasteiger partial charge in [-0.15, -0.1) is 0 Å². The zero-order valence-electron chi connectivity index (χ0n) is 15.2. The summed E-state index contributed by atoms with van der Waals surface area (Å²) >= 11 is 3.41. The second kappa shape index (κ2) is 6.99. The van der Waals surface area contributed by atoms with Crippen molar-refractivity contribution in [1.29, 1.82) is 0 Å². The van der Waals surface area contributed by atoms with Gasteiger partial charge in [-0.25, -0.2) is 4.68 Å². The van der Waals surface area contributed by atoms with E-state index in [-0.39, 0.29) is 23.2 Å². The quantitative estimate of drug-likeness (QED) is 0.701. The van der Waals surface area contributed by atoms with Gasteiger partial charge in [0.1, 0.15) is 11.4 Å². The molecular weight excluding hydrogens is 396 g/mol. The maximum atomic E-state index is 12.9. The van der Waals surface area contributed by atoms with Gasteiger partial charge in [0.15, 0.2) is 0 Å². The summed E-state index contributed by atoms with van der Waals surface area (Å²) in [6.07, 6.45) is 1.86. The lowest BCUT2D eigenvalue weighted by Crippen LogP contribution is -2.24. The van der Waals surface area contributed by atoms with Crippen LogP contribution in [-0.2, 0) is 7.05 Å². The third kappa shape index (κ3) is 3.14. The second-order valence-corrected chi connectivity index (χ2v) is 7.35. The number of para-hydroxylation sites is 1. The summed E-state index contributed by atoms with van der Waals surface area (Å²) in [7, 11) is 1.80. The fraction of sp³-hybridized carbons (Fsp3) is 0.263. The van der Waals surface area contributed by atoms with E-state index in [0.717, 1.165) is 10.2 Å². The Morgan fingerprint density at radius 3 is 2.46 bits per heavy atom. The highest BCUT2D eigenvalue weighted by Gasteiger charge is 2.21. The fourth-order valence-electron chi connectivity index (χ4n) is 2.94. The van der Waals surface area contributed by atoms with E-state index >= 15 is 0 Å². The minimum atomic E-state index is -0.310. The lowest BCUT2D eigenvalue weighted by molar-refractivity contribution is 0.101. The monoisotopic (exact) mass is 416 g/mol. The average molecular weight is 417 g/mol. The highest BCUT2D eigenvalue weighted by Crippen LogP contribution is 2.21. The van der Waals surface area contributed by atoms with Gasteiger partial charge in [0, 0.05) is 23.8 Å². The van der Waals surface area contributed by atoms with Crippen molar-refractivity contribution in [3.05, 3.63) is 68.8 Å². The number of carbonyl (C=O) groups excluding carboxylic acids is 1. The molecule has 26 heavy (non-hydrogen) atoms. The minimum absolute atomic E-state index is 0.125. The van der Waals surface area contributed by atoms with Crippen LogP contribution < -0.4 is 10.9 Å². The zero-order valence-corrected chi connectivity index (χ0v) is 16.7. The summed E-state index contributed by atoms with van der Waals surface area (Å²) < 4.78 is 5.98. The number of benzene rings is 1. The third-order valence-electron chi connectivity index (χ3n) is 4.40. The van der Waals surface area contributed by atoms with Gasteiger partial charge in [0.05, 0.1) is 11.4 Å². The Kier molecular flexibility index (Phi) is 4.91. The summed E-state index contributed by atoms with van der Waals surface area (Å²) in [5, 5.41) is 2.80. The van der Waals surface area contributed by atoms with Crippen LogP contribution in [0.25, 0.3) is 5.69 Å². The Morgan fingerprint density at radius 2 is 1.85 bits per heavy atom. The van der Waals surface area contributed by atoms with E-state index in [1.165, 1.54) is 0 Å². The zero-order chi connectivity index (χ0) is 19.0. The number of aromatic nitrogens is 3. The van der Waals surface area contributed by atoms with Crippen molar-refractivity contribution in [1.82, 2.24) is 13.9 Å². The smallest absolute Gasteiger partial charge is 0.295 e. The Labute approximate surface area is 160 Å². The fourth-order valence-corrected chi connectivity index (χ4v) is 3.38. The van der Waals surface area contributed by atoms with Crippen molar-refractivity contribution < 1.29 is 4.79 Å². The van der Waals surface area contributed by atoms with Crippen molar-refractivity contribution >= 4 is 27.5 Å². The van der Waals surface area contributed by atoms with Crippen LogP contribution in [0.2, 0.25) is 0 Å². The van der Waals surface area contributed by atoms with Gasteiger partial charge >= 0.3 is 0 Å². The van der Waals surface area contributed by atoms with Gasteiger partial charge in [0.25, 0.3) is 11.5 Å². The molecule has 0 atom stereocenters. The topological polar surface area (TPSA) is 61.0 Å². The molecule has 0 fully saturated rings. The van der Waals surface area contributed by atoms with Crippen molar-refractivity contribution in [2.45, 2.75) is 26.8 Å². The van der Waals surface area contributed by atoms with Crippen molar-refractivity contribution in [3.63, 3.8) is 0 Å². The summed E-state index contributed by atoms with van der Waals surface area (Å²) in [6, 6.07) is 11.2. The van der Waals surface area contributed by atoms with E-state index in [0.29, 0.717) is 11.4 Å². The number of hydrogen-bond donors (Lipinski definition) is 1. The first-order valence-electron chi connectivity index (χ1n) is 8.34. The van der Waals surface area contributed by atoms with Crippen LogP contribution in [0, 0.1) is 6.92 Å². The van der Waals surface area contributed by atoms with Crippen LogP contribution in [0.5, 0.6) is 0 Å². The second-order valence-electron chi connectivity index (χ2n) is 6.44. The molecule has 3 rings (SSSR count). The van der Waals surface area contributed by atoms with E-state index in [9.17, 15) is 9.59 Å². The minimum Gasteiger partial charge on any atom is -0.340 e. The molecule has 2 aromatic heterocycles. The SMILES string of the molecule is Cc1c(NC(=O)c2cc(Br)cn2C(C)C)c(=O)n(-c2ccccc2)n1C. The number of nitrogens with one attached hydrogen (secondary N) is 1. The van der Waals surface area contributed by atoms with Crippen LogP contribution in [0.15, 0.2) is 51.9 Å². The Hall–Kier alpha value is -2.54. The highest BCUT2D eigenvalue weighted by molar-refractivity contribution is 9.10. The molecule has 0 aliphatic heterocycles. The predicted octanol–water partition coefficient (Wildman–Crippen LogP) is 3.88. The number of anilines is 1. The molecule has 1 amide bonds. The van der Waals surface area contributed by atoms with Crippen LogP contribution >= 0.6 is 15.9 Å². The van der Waals surface area contributed by atoms with Crippen LogP contribution in [0.1, 0.15) is 36.1 Å². The summed E-state index contributed by atoms with van der Waals surface area (Å²) in [5.74, 6) is -0.310. The van der Waals surface area contributed by atoms with Crippen LogP contribution in [0.3, 0.4) is 0 Å². The average Bonchev–Trinajstić information content (AvgIpc) is 3.10. The number of halogens is 1. The standard InChI is InChI=1S/C19H21BrN4O2/c1-12(2)23-11-14(20)10-16(23)18(25)21-17-13(3)22(4)24(19(17)26)15-8-6-5-7-9-15/h5-12H,1-4H3,(H,21,25). The molecule has 0 aliphatic carbocycles. The number of rotatable bonds is 4. The normalized spacial score (nSPS) is 11.2. The number of carbonyl (C=O) groups is 1. The molecule has 0 saturated carbocycles. The van der Waals surface area contributed by atoms with E-state index < -0.39 is 0 Å². The lowest BCUT2D eigenvalue weighted by atomic mass is 10.3. The van der Waals surface area contributed by atoms with Gasteiger partial charge in [-0.3, -0.25) is 14.3 Å². The van der Waals surface area contributed by atoms with E-state index in [1.54, 1.807) is 22.5 Å². The Balaban J connectivity index is 2.02. The molecule has 0 aliphatic rings. The highest BCUT2D eigenvalue weighted by atomic mass is 79.9. The Bertz CT molecular complexity index is 1010. The van der Waals surface area contributed by atoms with Gasteiger partial charge in [-0.1, -0.05) is 18.2 Å². The first-order valence-corrected chi connectivity index (χ1v) is 9.13. The van der Waals surface area contributed by atoms with Crippen molar-refractivity contribution in [2.24, 2.45) is 7.05 Å². The molecule has 3 aromatic rings. The number of amides is 1. The molecule has 2 heterocycles. The van der Waals surface area contributed by atoms with Gasteiger partial charge in [-0.2, -0.15) is 0 Å². The van der Waals surface area contributed by atoms with Crippen LogP contribution in [0.4, 0.5) is 5.69 Å². The summed E-state index contributed by atoms with van der Waals surface area (Å²) in [5.41, 5.74) is 1.96. The molecule has 0 spiro atoms. The van der Waals surface area contributed by atoms with Crippen molar-refractivity contribution in [2.75, 3.05) is 5.32 Å². The van der Waals surface area contributed by atoms with Gasteiger partial charge in [-0.05, 0) is 54.9 Å². The van der Waals surface area contributed by atoms with Gasteiger partial charge < -0.3 is 9.88 Å². The number of nitrogens with zero attached hydrogens (tertiary/aromatic N) is 3. The lowest BCUT2D eigenvalue weighted by Gasteiger charge is -2.12. The molecule has 6 nitrogen and oxygen atoms in total. The molecule has 0 unspecified atom stereocenters. The molecule has 0 radical (unpaired) electrons. The molecule has 0 bridgehead atoms. The maximum absolute atomic E-state index is 12.9. The maximum Gasteiger partial charge on any atom is 0.295 e. The third-order valence-corrected chi connectivity index (χ3v) is 4.83. The first-order chi connectivity index (χ1) is 12.3. The Morgan fingerprint density at radius 1 is 1.19 bits per heavy atom. The number of hydrogen-bond acceptors (Lipinski definition) is 2.